The number of hydrogen-bond acceptors (Lipinski definition) is 3. The summed E-state index contributed by atoms with van der Waals surface area (Å²) in [6, 6.07) is 2.81. The van der Waals surface area contributed by atoms with Crippen molar-refractivity contribution in [3.8, 4) is 0 Å². The van der Waals surface area contributed by atoms with Crippen molar-refractivity contribution in [1.82, 2.24) is 14.7 Å². The standard InChI is InChI=1S/C12H21N3/c1-2-10(1)13-7-14(11-3-4-11)9-15(8-13)12-5-6-12/h10-12H,1-9H2. The number of hydrogen-bond donors (Lipinski definition) is 0. The van der Waals surface area contributed by atoms with Crippen molar-refractivity contribution in [3.05, 3.63) is 0 Å². The minimum absolute atomic E-state index is 0.938. The predicted molar refractivity (Wildman–Crippen MR) is 59.2 cm³/mol. The molecule has 0 amide bonds. The molecule has 0 N–H and O–H groups in total. The van der Waals surface area contributed by atoms with Gasteiger partial charge in [-0.2, -0.15) is 0 Å². The molecule has 15 heavy (non-hydrogen) atoms. The van der Waals surface area contributed by atoms with Gasteiger partial charge >= 0.3 is 0 Å². The van der Waals surface area contributed by atoms with Gasteiger partial charge in [0.05, 0.1) is 20.0 Å². The second kappa shape index (κ2) is 3.19. The maximum absolute atomic E-state index is 2.72. The Bertz CT molecular complexity index is 207. The highest BCUT2D eigenvalue weighted by Crippen LogP contribution is 2.36. The van der Waals surface area contributed by atoms with Gasteiger partial charge in [0.1, 0.15) is 0 Å². The van der Waals surface area contributed by atoms with Gasteiger partial charge in [0.2, 0.25) is 0 Å². The third-order valence-corrected chi connectivity index (χ3v) is 4.28. The van der Waals surface area contributed by atoms with Gasteiger partial charge in [-0.1, -0.05) is 0 Å². The van der Waals surface area contributed by atoms with Gasteiger partial charge in [-0.05, 0) is 38.5 Å². The Balaban J connectivity index is 1.46. The first-order valence-electron chi connectivity index (χ1n) is 6.62. The van der Waals surface area contributed by atoms with Crippen LogP contribution in [-0.2, 0) is 0 Å². The van der Waals surface area contributed by atoms with Crippen molar-refractivity contribution in [2.45, 2.75) is 56.7 Å². The zero-order chi connectivity index (χ0) is 9.83. The van der Waals surface area contributed by atoms with Crippen molar-refractivity contribution in [3.63, 3.8) is 0 Å². The molecule has 0 bridgehead atoms. The second-order valence-corrected chi connectivity index (χ2v) is 5.88. The monoisotopic (exact) mass is 207 g/mol. The van der Waals surface area contributed by atoms with Gasteiger partial charge in [0.25, 0.3) is 0 Å². The van der Waals surface area contributed by atoms with Gasteiger partial charge in [-0.25, -0.2) is 0 Å². The molecular formula is C12H21N3. The molecule has 3 saturated carbocycles. The van der Waals surface area contributed by atoms with Crippen molar-refractivity contribution in [2.24, 2.45) is 0 Å². The summed E-state index contributed by atoms with van der Waals surface area (Å²) in [5.74, 6) is 0. The van der Waals surface area contributed by atoms with Crippen LogP contribution in [-0.4, -0.2) is 52.8 Å². The summed E-state index contributed by atoms with van der Waals surface area (Å²) in [6.07, 6.45) is 8.73. The molecule has 0 atom stereocenters. The lowest BCUT2D eigenvalue weighted by Crippen LogP contribution is -2.56. The Morgan fingerprint density at radius 2 is 0.733 bits per heavy atom. The normalized spacial score (nSPS) is 36.0. The van der Waals surface area contributed by atoms with E-state index in [1.54, 1.807) is 0 Å². The molecule has 1 heterocycles. The predicted octanol–water partition coefficient (Wildman–Crippen LogP) is 1.27. The zero-order valence-corrected chi connectivity index (χ0v) is 9.44. The molecule has 4 aliphatic rings. The Hall–Kier alpha value is -0.120. The van der Waals surface area contributed by atoms with E-state index in [0.717, 1.165) is 18.1 Å². The van der Waals surface area contributed by atoms with Crippen LogP contribution < -0.4 is 0 Å². The molecule has 0 aromatic heterocycles. The maximum Gasteiger partial charge on any atom is 0.0535 e. The molecule has 0 aromatic rings. The smallest absolute Gasteiger partial charge is 0.0535 e. The minimum Gasteiger partial charge on any atom is -0.274 e. The molecule has 3 aliphatic carbocycles. The van der Waals surface area contributed by atoms with Crippen LogP contribution in [0, 0.1) is 0 Å². The Morgan fingerprint density at radius 1 is 0.467 bits per heavy atom. The summed E-state index contributed by atoms with van der Waals surface area (Å²) in [6.45, 7) is 3.79. The fourth-order valence-electron chi connectivity index (χ4n) is 2.85. The van der Waals surface area contributed by atoms with E-state index in [2.05, 4.69) is 14.7 Å². The molecule has 1 saturated heterocycles. The van der Waals surface area contributed by atoms with Crippen LogP contribution in [0.25, 0.3) is 0 Å². The largest absolute Gasteiger partial charge is 0.274 e. The van der Waals surface area contributed by atoms with Gasteiger partial charge in [0, 0.05) is 18.1 Å². The van der Waals surface area contributed by atoms with Crippen LogP contribution in [0.5, 0.6) is 0 Å². The molecule has 3 nitrogen and oxygen atoms in total. The fourth-order valence-corrected chi connectivity index (χ4v) is 2.85. The molecule has 4 rings (SSSR count). The Morgan fingerprint density at radius 3 is 0.933 bits per heavy atom. The zero-order valence-electron chi connectivity index (χ0n) is 9.44. The average molecular weight is 207 g/mol. The van der Waals surface area contributed by atoms with E-state index in [0.29, 0.717) is 0 Å². The van der Waals surface area contributed by atoms with E-state index >= 15 is 0 Å². The lowest BCUT2D eigenvalue weighted by Gasteiger charge is -2.43. The van der Waals surface area contributed by atoms with E-state index in [-0.39, 0.29) is 0 Å². The summed E-state index contributed by atoms with van der Waals surface area (Å²) in [5, 5.41) is 0. The summed E-state index contributed by atoms with van der Waals surface area (Å²) in [7, 11) is 0. The minimum atomic E-state index is 0.938. The van der Waals surface area contributed by atoms with E-state index in [4.69, 9.17) is 0 Å². The average Bonchev–Trinajstić information content (AvgIpc) is 3.20. The Kier molecular flexibility index (Phi) is 1.91. The molecule has 0 spiro atoms. The first-order valence-corrected chi connectivity index (χ1v) is 6.62. The molecule has 84 valence electrons. The summed E-state index contributed by atoms with van der Waals surface area (Å²) < 4.78 is 0. The third-order valence-electron chi connectivity index (χ3n) is 4.28. The van der Waals surface area contributed by atoms with E-state index < -0.39 is 0 Å². The van der Waals surface area contributed by atoms with E-state index in [9.17, 15) is 0 Å². The van der Waals surface area contributed by atoms with Crippen LogP contribution >= 0.6 is 0 Å². The molecule has 0 unspecified atom stereocenters. The number of rotatable bonds is 3. The Labute approximate surface area is 92.0 Å². The van der Waals surface area contributed by atoms with Gasteiger partial charge in [-0.15, -0.1) is 0 Å². The second-order valence-electron chi connectivity index (χ2n) is 5.88. The highest BCUT2D eigenvalue weighted by Gasteiger charge is 2.42. The van der Waals surface area contributed by atoms with Crippen molar-refractivity contribution < 1.29 is 0 Å². The summed E-state index contributed by atoms with van der Waals surface area (Å²) in [4.78, 5) is 8.17. The van der Waals surface area contributed by atoms with Crippen LogP contribution in [0.1, 0.15) is 38.5 Å². The fraction of sp³-hybridized carbons (Fsp3) is 1.00. The van der Waals surface area contributed by atoms with Crippen LogP contribution in [0.15, 0.2) is 0 Å². The lowest BCUT2D eigenvalue weighted by atomic mass is 10.4. The molecular weight excluding hydrogens is 186 g/mol. The van der Waals surface area contributed by atoms with Crippen LogP contribution in [0.2, 0.25) is 0 Å². The van der Waals surface area contributed by atoms with E-state index in [1.165, 1.54) is 58.5 Å². The van der Waals surface area contributed by atoms with Crippen LogP contribution in [0.4, 0.5) is 0 Å². The van der Waals surface area contributed by atoms with E-state index in [1.807, 2.05) is 0 Å². The van der Waals surface area contributed by atoms with Crippen LogP contribution in [0.3, 0.4) is 0 Å². The van der Waals surface area contributed by atoms with Gasteiger partial charge < -0.3 is 0 Å². The maximum atomic E-state index is 2.72. The highest BCUT2D eigenvalue weighted by atomic mass is 15.5. The summed E-state index contributed by atoms with van der Waals surface area (Å²) >= 11 is 0. The molecule has 0 aromatic carbocycles. The van der Waals surface area contributed by atoms with Crippen molar-refractivity contribution in [2.75, 3.05) is 20.0 Å². The number of nitrogens with zero attached hydrogens (tertiary/aromatic N) is 3. The first kappa shape index (κ1) is 8.97. The summed E-state index contributed by atoms with van der Waals surface area (Å²) in [5.41, 5.74) is 0. The SMILES string of the molecule is C1CC1N1CN(C2CC2)CN(C2CC2)C1. The molecule has 1 aliphatic heterocycles. The van der Waals surface area contributed by atoms with Gasteiger partial charge in [0.15, 0.2) is 0 Å². The lowest BCUT2D eigenvalue weighted by molar-refractivity contribution is -0.0424. The topological polar surface area (TPSA) is 9.72 Å². The van der Waals surface area contributed by atoms with Gasteiger partial charge in [-0.3, -0.25) is 14.7 Å². The quantitative estimate of drug-likeness (QED) is 0.690. The third kappa shape index (κ3) is 1.81. The molecule has 3 heteroatoms. The highest BCUT2D eigenvalue weighted by molar-refractivity contribution is 4.94. The molecule has 4 fully saturated rings. The van der Waals surface area contributed by atoms with Crippen molar-refractivity contribution >= 4 is 0 Å². The van der Waals surface area contributed by atoms with Crippen molar-refractivity contribution in [1.29, 1.82) is 0 Å². The first-order chi connectivity index (χ1) is 7.40. The molecule has 0 radical (unpaired) electrons.